The van der Waals surface area contributed by atoms with Crippen LogP contribution in [0.2, 0.25) is 0 Å². The summed E-state index contributed by atoms with van der Waals surface area (Å²) in [6.45, 7) is 1.80. The number of carbonyl (C=O) groups is 1. The Morgan fingerprint density at radius 2 is 2.36 bits per heavy atom. The van der Waals surface area contributed by atoms with E-state index < -0.39 is 5.97 Å². The highest BCUT2D eigenvalue weighted by Gasteiger charge is 1.93. The second-order valence-electron chi connectivity index (χ2n) is 2.12. The van der Waals surface area contributed by atoms with Gasteiger partial charge in [-0.3, -0.25) is 0 Å². The molecule has 0 aliphatic rings. The molecule has 0 fully saturated rings. The molecule has 0 saturated heterocycles. The van der Waals surface area contributed by atoms with Crippen LogP contribution >= 0.6 is 0 Å². The molecule has 0 aliphatic carbocycles. The predicted octanol–water partition coefficient (Wildman–Crippen LogP) is 1.69. The molecule has 0 atom stereocenters. The normalized spacial score (nSPS) is 10.6. The van der Waals surface area contributed by atoms with Gasteiger partial charge >= 0.3 is 5.97 Å². The minimum absolute atomic E-state index is 0.560. The first kappa shape index (κ1) is 7.60. The third-order valence-corrected chi connectivity index (χ3v) is 1.15. The molecular weight excluding hydrogens is 144 g/mol. The third-order valence-electron chi connectivity index (χ3n) is 1.15. The van der Waals surface area contributed by atoms with Crippen LogP contribution in [0, 0.1) is 6.92 Å². The maximum Gasteiger partial charge on any atom is 0.328 e. The molecule has 58 valence electrons. The van der Waals surface area contributed by atoms with Crippen molar-refractivity contribution in [2.24, 2.45) is 0 Å². The third kappa shape index (κ3) is 2.29. The maximum absolute atomic E-state index is 10.1. The van der Waals surface area contributed by atoms with Gasteiger partial charge < -0.3 is 9.52 Å². The summed E-state index contributed by atoms with van der Waals surface area (Å²) in [6.07, 6.45) is 2.45. The van der Waals surface area contributed by atoms with E-state index >= 15 is 0 Å². The Kier molecular flexibility index (Phi) is 2.11. The van der Waals surface area contributed by atoms with Crippen molar-refractivity contribution in [3.05, 3.63) is 29.7 Å². The second kappa shape index (κ2) is 3.05. The lowest BCUT2D eigenvalue weighted by molar-refractivity contribution is -0.131. The predicted molar refractivity (Wildman–Crippen MR) is 40.1 cm³/mol. The molecule has 0 unspecified atom stereocenters. The van der Waals surface area contributed by atoms with Crippen molar-refractivity contribution >= 4 is 12.0 Å². The zero-order chi connectivity index (χ0) is 8.27. The Morgan fingerprint density at radius 3 is 2.82 bits per heavy atom. The zero-order valence-corrected chi connectivity index (χ0v) is 6.07. The molecule has 0 bridgehead atoms. The van der Waals surface area contributed by atoms with Crippen LogP contribution in [0.4, 0.5) is 0 Å². The number of hydrogen-bond acceptors (Lipinski definition) is 2. The summed E-state index contributed by atoms with van der Waals surface area (Å²) in [6, 6.07) is 3.50. The molecule has 1 rings (SSSR count). The van der Waals surface area contributed by atoms with Crippen molar-refractivity contribution < 1.29 is 14.3 Å². The number of rotatable bonds is 2. The number of furan rings is 1. The van der Waals surface area contributed by atoms with E-state index in [9.17, 15) is 4.79 Å². The van der Waals surface area contributed by atoms with Gasteiger partial charge in [-0.25, -0.2) is 4.79 Å². The van der Waals surface area contributed by atoms with E-state index in [0.29, 0.717) is 5.76 Å². The van der Waals surface area contributed by atoms with Gasteiger partial charge in [0.2, 0.25) is 0 Å². The summed E-state index contributed by atoms with van der Waals surface area (Å²) >= 11 is 0. The lowest BCUT2D eigenvalue weighted by atomic mass is 10.4. The van der Waals surface area contributed by atoms with Gasteiger partial charge in [0.1, 0.15) is 11.5 Å². The Morgan fingerprint density at radius 1 is 1.64 bits per heavy atom. The van der Waals surface area contributed by atoms with Crippen molar-refractivity contribution in [3.63, 3.8) is 0 Å². The smallest absolute Gasteiger partial charge is 0.328 e. The quantitative estimate of drug-likeness (QED) is 0.656. The molecule has 0 aliphatic heterocycles. The molecule has 1 aromatic heterocycles. The molecule has 1 heterocycles. The van der Waals surface area contributed by atoms with E-state index in [1.54, 1.807) is 19.1 Å². The van der Waals surface area contributed by atoms with Gasteiger partial charge in [-0.1, -0.05) is 0 Å². The Hall–Kier alpha value is -1.51. The van der Waals surface area contributed by atoms with E-state index in [1.807, 2.05) is 0 Å². The summed E-state index contributed by atoms with van der Waals surface area (Å²) in [7, 11) is 0. The van der Waals surface area contributed by atoms with Crippen LogP contribution in [0.1, 0.15) is 11.5 Å². The molecule has 0 spiro atoms. The summed E-state index contributed by atoms with van der Waals surface area (Å²) < 4.78 is 5.08. The summed E-state index contributed by atoms with van der Waals surface area (Å²) in [5.74, 6) is 0.360. The van der Waals surface area contributed by atoms with E-state index in [0.717, 1.165) is 11.8 Å². The van der Waals surface area contributed by atoms with Gasteiger partial charge in [0, 0.05) is 6.08 Å². The molecular formula is C8H8O3. The fourth-order valence-electron chi connectivity index (χ4n) is 0.696. The zero-order valence-electron chi connectivity index (χ0n) is 6.07. The average Bonchev–Trinajstić information content (AvgIpc) is 2.31. The first-order valence-corrected chi connectivity index (χ1v) is 3.16. The van der Waals surface area contributed by atoms with Crippen molar-refractivity contribution in [1.82, 2.24) is 0 Å². The van der Waals surface area contributed by atoms with Crippen LogP contribution in [0.5, 0.6) is 0 Å². The van der Waals surface area contributed by atoms with Crippen molar-refractivity contribution in [2.45, 2.75) is 6.92 Å². The van der Waals surface area contributed by atoms with Crippen LogP contribution in [0.3, 0.4) is 0 Å². The lowest BCUT2D eigenvalue weighted by Gasteiger charge is -1.82. The van der Waals surface area contributed by atoms with Crippen LogP contribution in [-0.4, -0.2) is 11.1 Å². The number of carboxylic acids is 1. The molecule has 1 aromatic rings. The van der Waals surface area contributed by atoms with Gasteiger partial charge in [-0.15, -0.1) is 0 Å². The van der Waals surface area contributed by atoms with E-state index in [4.69, 9.17) is 9.52 Å². The first-order valence-electron chi connectivity index (χ1n) is 3.16. The number of aryl methyl sites for hydroxylation is 1. The molecule has 3 nitrogen and oxygen atoms in total. The average molecular weight is 152 g/mol. The monoisotopic (exact) mass is 152 g/mol. The number of aliphatic carboxylic acids is 1. The minimum Gasteiger partial charge on any atom is -0.478 e. The van der Waals surface area contributed by atoms with E-state index in [-0.39, 0.29) is 0 Å². The topological polar surface area (TPSA) is 50.4 Å². The minimum atomic E-state index is -0.973. The number of hydrogen-bond donors (Lipinski definition) is 1. The standard InChI is InChI=1S/C8H8O3/c1-6-2-3-7(11-6)4-5-8(9)10/h2-5H,1H3,(H,9,10)/b5-4-. The van der Waals surface area contributed by atoms with E-state index in [2.05, 4.69) is 0 Å². The summed E-state index contributed by atoms with van der Waals surface area (Å²) in [4.78, 5) is 10.1. The lowest BCUT2D eigenvalue weighted by Crippen LogP contribution is -1.84. The van der Waals surface area contributed by atoms with Gasteiger partial charge in [0.05, 0.1) is 0 Å². The number of carboxylic acid groups (broad SMARTS) is 1. The van der Waals surface area contributed by atoms with Crippen LogP contribution < -0.4 is 0 Å². The van der Waals surface area contributed by atoms with E-state index in [1.165, 1.54) is 6.08 Å². The maximum atomic E-state index is 10.1. The van der Waals surface area contributed by atoms with Crippen molar-refractivity contribution in [3.8, 4) is 0 Å². The molecule has 3 heteroatoms. The summed E-state index contributed by atoms with van der Waals surface area (Å²) in [5.41, 5.74) is 0. The van der Waals surface area contributed by atoms with Gasteiger partial charge in [-0.05, 0) is 25.1 Å². The van der Waals surface area contributed by atoms with Crippen LogP contribution in [-0.2, 0) is 4.79 Å². The van der Waals surface area contributed by atoms with Gasteiger partial charge in [-0.2, -0.15) is 0 Å². The fraction of sp³-hybridized carbons (Fsp3) is 0.125. The Balaban J connectivity index is 2.71. The highest BCUT2D eigenvalue weighted by molar-refractivity contribution is 5.84. The second-order valence-corrected chi connectivity index (χ2v) is 2.12. The highest BCUT2D eigenvalue weighted by atomic mass is 16.4. The molecule has 0 saturated carbocycles. The molecule has 0 aromatic carbocycles. The molecule has 0 radical (unpaired) electrons. The largest absolute Gasteiger partial charge is 0.478 e. The Bertz CT molecular complexity index is 283. The van der Waals surface area contributed by atoms with Crippen molar-refractivity contribution in [2.75, 3.05) is 0 Å². The van der Waals surface area contributed by atoms with Gasteiger partial charge in [0.15, 0.2) is 0 Å². The first-order chi connectivity index (χ1) is 5.18. The van der Waals surface area contributed by atoms with Gasteiger partial charge in [0.25, 0.3) is 0 Å². The van der Waals surface area contributed by atoms with Crippen LogP contribution in [0.25, 0.3) is 6.08 Å². The Labute approximate surface area is 64.0 Å². The molecule has 11 heavy (non-hydrogen) atoms. The molecule has 0 amide bonds. The summed E-state index contributed by atoms with van der Waals surface area (Å²) in [5, 5.41) is 8.25. The van der Waals surface area contributed by atoms with Crippen LogP contribution in [0.15, 0.2) is 22.6 Å². The molecule has 1 N–H and O–H groups in total. The SMILES string of the molecule is Cc1ccc(/C=C\C(=O)O)o1. The van der Waals surface area contributed by atoms with Crippen molar-refractivity contribution in [1.29, 1.82) is 0 Å². The fourth-order valence-corrected chi connectivity index (χ4v) is 0.696. The highest BCUT2D eigenvalue weighted by Crippen LogP contribution is 2.07.